The summed E-state index contributed by atoms with van der Waals surface area (Å²) < 4.78 is 11.4. The maximum absolute atomic E-state index is 10.6. The Hall–Kier alpha value is -2.59. The third kappa shape index (κ3) is 3.66. The van der Waals surface area contributed by atoms with E-state index in [4.69, 9.17) is 20.8 Å². The fourth-order valence-electron chi connectivity index (χ4n) is 2.32. The van der Waals surface area contributed by atoms with E-state index in [1.807, 2.05) is 31.2 Å². The van der Waals surface area contributed by atoms with Crippen LogP contribution >= 0.6 is 11.6 Å². The lowest BCUT2D eigenvalue weighted by atomic mass is 10.2. The minimum absolute atomic E-state index is 0.468. The van der Waals surface area contributed by atoms with Gasteiger partial charge in [-0.05, 0) is 43.3 Å². The monoisotopic (exact) mass is 341 g/mol. The molecule has 0 aliphatic rings. The van der Waals surface area contributed by atoms with E-state index in [1.165, 1.54) is 0 Å². The number of ether oxygens (including phenoxy) is 1. The molecule has 24 heavy (non-hydrogen) atoms. The summed E-state index contributed by atoms with van der Waals surface area (Å²) in [4.78, 5) is 15.2. The zero-order chi connectivity index (χ0) is 16.9. The molecule has 0 amide bonds. The van der Waals surface area contributed by atoms with Gasteiger partial charge in [0.1, 0.15) is 17.8 Å². The summed E-state index contributed by atoms with van der Waals surface area (Å²) in [6.45, 7) is 2.34. The molecule has 122 valence electrons. The predicted molar refractivity (Wildman–Crippen MR) is 92.7 cm³/mol. The lowest BCUT2D eigenvalue weighted by Crippen LogP contribution is -2.02. The van der Waals surface area contributed by atoms with Crippen molar-refractivity contribution in [2.45, 2.75) is 13.3 Å². The Balaban J connectivity index is 1.65. The molecule has 1 aromatic heterocycles. The third-order valence-electron chi connectivity index (χ3n) is 3.62. The summed E-state index contributed by atoms with van der Waals surface area (Å²) in [6.07, 6.45) is 1.42. The number of rotatable bonds is 6. The molecule has 5 heteroatoms. The zero-order valence-corrected chi connectivity index (χ0v) is 13.9. The van der Waals surface area contributed by atoms with Gasteiger partial charge in [0, 0.05) is 12.0 Å². The smallest absolute Gasteiger partial charge is 0.228 e. The fourth-order valence-corrected chi connectivity index (χ4v) is 2.53. The van der Waals surface area contributed by atoms with Gasteiger partial charge in [-0.25, -0.2) is 4.98 Å². The molecular formula is C19H16ClNO3. The second-order valence-corrected chi connectivity index (χ2v) is 5.69. The van der Waals surface area contributed by atoms with Crippen molar-refractivity contribution in [2.24, 2.45) is 0 Å². The van der Waals surface area contributed by atoms with Crippen molar-refractivity contribution >= 4 is 17.9 Å². The van der Waals surface area contributed by atoms with Crippen molar-refractivity contribution in [3.63, 3.8) is 0 Å². The Labute approximate surface area is 145 Å². The topological polar surface area (TPSA) is 52.3 Å². The summed E-state index contributed by atoms with van der Waals surface area (Å²) in [6, 6.07) is 14.4. The lowest BCUT2D eigenvalue weighted by molar-refractivity contribution is 0.112. The number of hydrogen-bond acceptors (Lipinski definition) is 4. The number of halogens is 1. The van der Waals surface area contributed by atoms with E-state index in [0.29, 0.717) is 35.3 Å². The van der Waals surface area contributed by atoms with E-state index in [0.717, 1.165) is 23.3 Å². The molecule has 0 spiro atoms. The minimum atomic E-state index is 0.468. The molecule has 0 atom stereocenters. The SMILES string of the molecule is Cc1oc(-c2ccccc2Cl)nc1CCOc1ccc(C=O)cc1. The quantitative estimate of drug-likeness (QED) is 0.608. The van der Waals surface area contributed by atoms with E-state index in [-0.39, 0.29) is 0 Å². The number of carbonyl (C=O) groups is 1. The normalized spacial score (nSPS) is 10.6. The Morgan fingerprint density at radius 2 is 1.92 bits per heavy atom. The molecule has 0 radical (unpaired) electrons. The van der Waals surface area contributed by atoms with Gasteiger partial charge in [0.25, 0.3) is 0 Å². The van der Waals surface area contributed by atoms with Gasteiger partial charge in [0.15, 0.2) is 0 Å². The van der Waals surface area contributed by atoms with Gasteiger partial charge < -0.3 is 9.15 Å². The number of aryl methyl sites for hydroxylation is 1. The lowest BCUT2D eigenvalue weighted by Gasteiger charge is -2.05. The summed E-state index contributed by atoms with van der Waals surface area (Å²) in [5.74, 6) is 1.99. The third-order valence-corrected chi connectivity index (χ3v) is 3.95. The van der Waals surface area contributed by atoms with Crippen molar-refractivity contribution < 1.29 is 13.9 Å². The predicted octanol–water partition coefficient (Wildman–Crippen LogP) is 4.74. The molecule has 2 aromatic carbocycles. The first-order valence-corrected chi connectivity index (χ1v) is 7.94. The largest absolute Gasteiger partial charge is 0.493 e. The van der Waals surface area contributed by atoms with Crippen LogP contribution in [0.1, 0.15) is 21.8 Å². The summed E-state index contributed by atoms with van der Waals surface area (Å²) in [7, 11) is 0. The van der Waals surface area contributed by atoms with Crippen LogP contribution in [0.5, 0.6) is 5.75 Å². The summed E-state index contributed by atoms with van der Waals surface area (Å²) in [5, 5.41) is 0.608. The van der Waals surface area contributed by atoms with Crippen molar-refractivity contribution in [3.8, 4) is 17.2 Å². The molecule has 3 aromatic rings. The number of benzene rings is 2. The first kappa shape index (κ1) is 16.3. The molecule has 0 saturated carbocycles. The Kier molecular flexibility index (Phi) is 4.96. The number of hydrogen-bond donors (Lipinski definition) is 0. The Morgan fingerprint density at radius 3 is 2.62 bits per heavy atom. The summed E-state index contributed by atoms with van der Waals surface area (Å²) in [5.41, 5.74) is 2.24. The van der Waals surface area contributed by atoms with Gasteiger partial charge in [-0.15, -0.1) is 0 Å². The molecule has 0 aliphatic heterocycles. The van der Waals surface area contributed by atoms with Crippen LogP contribution in [0.2, 0.25) is 5.02 Å². The van der Waals surface area contributed by atoms with Crippen LogP contribution in [-0.4, -0.2) is 17.9 Å². The highest BCUT2D eigenvalue weighted by Crippen LogP contribution is 2.28. The standard InChI is InChI=1S/C19H16ClNO3/c1-13-18(10-11-23-15-8-6-14(12-22)7-9-15)21-19(24-13)16-4-2-3-5-17(16)20/h2-9,12H,10-11H2,1H3. The van der Waals surface area contributed by atoms with Crippen molar-refractivity contribution in [2.75, 3.05) is 6.61 Å². The van der Waals surface area contributed by atoms with Crippen LogP contribution < -0.4 is 4.74 Å². The maximum Gasteiger partial charge on any atom is 0.228 e. The second-order valence-electron chi connectivity index (χ2n) is 5.29. The number of aldehydes is 1. The van der Waals surface area contributed by atoms with Crippen LogP contribution in [0, 0.1) is 6.92 Å². The fraction of sp³-hybridized carbons (Fsp3) is 0.158. The van der Waals surface area contributed by atoms with Crippen LogP contribution in [-0.2, 0) is 6.42 Å². The van der Waals surface area contributed by atoms with Gasteiger partial charge in [-0.2, -0.15) is 0 Å². The zero-order valence-electron chi connectivity index (χ0n) is 13.2. The first-order valence-electron chi connectivity index (χ1n) is 7.56. The number of oxazole rings is 1. The molecule has 1 heterocycles. The van der Waals surface area contributed by atoms with Gasteiger partial charge in [-0.3, -0.25) is 4.79 Å². The minimum Gasteiger partial charge on any atom is -0.493 e. The number of nitrogens with zero attached hydrogens (tertiary/aromatic N) is 1. The highest BCUT2D eigenvalue weighted by molar-refractivity contribution is 6.33. The number of aromatic nitrogens is 1. The van der Waals surface area contributed by atoms with Crippen LogP contribution in [0.15, 0.2) is 52.9 Å². The van der Waals surface area contributed by atoms with E-state index >= 15 is 0 Å². The average molecular weight is 342 g/mol. The van der Waals surface area contributed by atoms with Crippen LogP contribution in [0.25, 0.3) is 11.5 Å². The van der Waals surface area contributed by atoms with Gasteiger partial charge in [0.2, 0.25) is 5.89 Å². The molecule has 3 rings (SSSR count). The van der Waals surface area contributed by atoms with Crippen molar-refractivity contribution in [1.29, 1.82) is 0 Å². The van der Waals surface area contributed by atoms with Crippen LogP contribution in [0.3, 0.4) is 0 Å². The molecule has 0 saturated heterocycles. The van der Waals surface area contributed by atoms with E-state index in [2.05, 4.69) is 4.98 Å². The Morgan fingerprint density at radius 1 is 1.17 bits per heavy atom. The van der Waals surface area contributed by atoms with Crippen molar-refractivity contribution in [1.82, 2.24) is 4.98 Å². The average Bonchev–Trinajstić information content (AvgIpc) is 2.96. The molecule has 0 aliphatic carbocycles. The van der Waals surface area contributed by atoms with E-state index in [9.17, 15) is 4.79 Å². The van der Waals surface area contributed by atoms with Gasteiger partial charge in [-0.1, -0.05) is 23.7 Å². The Bertz CT molecular complexity index is 840. The molecule has 0 unspecified atom stereocenters. The number of carbonyl (C=O) groups excluding carboxylic acids is 1. The first-order chi connectivity index (χ1) is 11.7. The maximum atomic E-state index is 10.6. The molecule has 4 nitrogen and oxygen atoms in total. The molecule has 0 N–H and O–H groups in total. The summed E-state index contributed by atoms with van der Waals surface area (Å²) >= 11 is 6.18. The van der Waals surface area contributed by atoms with E-state index < -0.39 is 0 Å². The second kappa shape index (κ2) is 7.32. The highest BCUT2D eigenvalue weighted by Gasteiger charge is 2.13. The molecule has 0 bridgehead atoms. The molecular weight excluding hydrogens is 326 g/mol. The van der Waals surface area contributed by atoms with Crippen LogP contribution in [0.4, 0.5) is 0 Å². The van der Waals surface area contributed by atoms with Gasteiger partial charge in [0.05, 0.1) is 22.9 Å². The molecule has 0 fully saturated rings. The highest BCUT2D eigenvalue weighted by atomic mass is 35.5. The van der Waals surface area contributed by atoms with E-state index in [1.54, 1.807) is 24.3 Å². The van der Waals surface area contributed by atoms with Gasteiger partial charge >= 0.3 is 0 Å². The van der Waals surface area contributed by atoms with Crippen molar-refractivity contribution in [3.05, 3.63) is 70.6 Å².